The van der Waals surface area contributed by atoms with Crippen LogP contribution < -0.4 is 10.6 Å². The quantitative estimate of drug-likeness (QED) is 0.901. The second-order valence-corrected chi connectivity index (χ2v) is 5.70. The van der Waals surface area contributed by atoms with Crippen LogP contribution in [0, 0.1) is 5.82 Å². The van der Waals surface area contributed by atoms with E-state index in [1.165, 1.54) is 12.1 Å². The summed E-state index contributed by atoms with van der Waals surface area (Å²) in [5.41, 5.74) is 7.01. The first-order chi connectivity index (χ1) is 9.61. The Morgan fingerprint density at radius 2 is 2.10 bits per heavy atom. The van der Waals surface area contributed by atoms with E-state index >= 15 is 0 Å². The summed E-state index contributed by atoms with van der Waals surface area (Å²) in [6.07, 6.45) is 4.31. The highest BCUT2D eigenvalue weighted by atomic mass is 19.1. The number of halogens is 1. The number of anilines is 1. The molecule has 2 N–H and O–H groups in total. The Kier molecular flexibility index (Phi) is 5.00. The van der Waals surface area contributed by atoms with E-state index in [2.05, 4.69) is 18.9 Å². The second-order valence-electron chi connectivity index (χ2n) is 5.70. The van der Waals surface area contributed by atoms with E-state index < -0.39 is 0 Å². The van der Waals surface area contributed by atoms with Crippen molar-refractivity contribution in [2.24, 2.45) is 5.73 Å². The summed E-state index contributed by atoms with van der Waals surface area (Å²) >= 11 is 0. The molecule has 1 aromatic carbocycles. The molecule has 1 aromatic rings. The molecule has 1 heterocycles. The molecule has 0 radical (unpaired) electrons. The number of nitrogens with two attached hydrogens (primary N) is 1. The Morgan fingerprint density at radius 1 is 1.40 bits per heavy atom. The lowest BCUT2D eigenvalue weighted by Crippen LogP contribution is -2.57. The smallest absolute Gasteiger partial charge is 0.123 e. The normalized spacial score (nSPS) is 26.5. The summed E-state index contributed by atoms with van der Waals surface area (Å²) in [5.74, 6) is -0.209. The highest BCUT2D eigenvalue weighted by molar-refractivity contribution is 5.48. The summed E-state index contributed by atoms with van der Waals surface area (Å²) < 4.78 is 18.9. The molecule has 1 aliphatic heterocycles. The molecule has 112 valence electrons. The predicted molar refractivity (Wildman–Crippen MR) is 80.5 cm³/mol. The first-order valence-corrected chi connectivity index (χ1v) is 7.42. The maximum atomic E-state index is 13.1. The minimum atomic E-state index is -0.209. The molecule has 20 heavy (non-hydrogen) atoms. The first-order valence-electron chi connectivity index (χ1n) is 7.42. The van der Waals surface area contributed by atoms with Gasteiger partial charge in [0.05, 0.1) is 11.6 Å². The molecule has 4 heteroatoms. The molecule has 0 spiro atoms. The van der Waals surface area contributed by atoms with Crippen LogP contribution in [0.25, 0.3) is 0 Å². The third-order valence-electron chi connectivity index (χ3n) is 4.44. The Hall–Kier alpha value is -1.13. The molecule has 0 aromatic heterocycles. The molecule has 0 amide bonds. The summed E-state index contributed by atoms with van der Waals surface area (Å²) in [5, 5.41) is 0. The topological polar surface area (TPSA) is 38.5 Å². The number of nitrogens with zero attached hydrogens (tertiary/aromatic N) is 1. The molecule has 3 nitrogen and oxygen atoms in total. The molecule has 1 aliphatic rings. The molecule has 2 unspecified atom stereocenters. The van der Waals surface area contributed by atoms with Crippen molar-refractivity contribution in [2.45, 2.75) is 44.2 Å². The first kappa shape index (κ1) is 15.3. The van der Waals surface area contributed by atoms with Crippen molar-refractivity contribution < 1.29 is 9.13 Å². The van der Waals surface area contributed by atoms with Gasteiger partial charge in [0, 0.05) is 25.9 Å². The molecule has 0 aliphatic carbocycles. The molecule has 1 saturated heterocycles. The van der Waals surface area contributed by atoms with Crippen LogP contribution in [0.3, 0.4) is 0 Å². The molecule has 2 atom stereocenters. The van der Waals surface area contributed by atoms with E-state index in [4.69, 9.17) is 10.5 Å². The second kappa shape index (κ2) is 6.55. The van der Waals surface area contributed by atoms with E-state index in [0.29, 0.717) is 6.54 Å². The Balaban J connectivity index is 2.18. The van der Waals surface area contributed by atoms with Gasteiger partial charge in [-0.05, 0) is 43.5 Å². The zero-order chi connectivity index (χ0) is 14.6. The van der Waals surface area contributed by atoms with Crippen LogP contribution in [0.5, 0.6) is 0 Å². The third-order valence-corrected chi connectivity index (χ3v) is 4.44. The van der Waals surface area contributed by atoms with Crippen LogP contribution in [-0.2, 0) is 4.74 Å². The van der Waals surface area contributed by atoms with E-state index in [1.54, 1.807) is 0 Å². The summed E-state index contributed by atoms with van der Waals surface area (Å²) in [6.45, 7) is 3.50. The minimum absolute atomic E-state index is 0.0874. The lowest BCUT2D eigenvalue weighted by Gasteiger charge is -2.47. The van der Waals surface area contributed by atoms with Crippen molar-refractivity contribution in [3.05, 3.63) is 30.1 Å². The van der Waals surface area contributed by atoms with Gasteiger partial charge < -0.3 is 15.4 Å². The van der Waals surface area contributed by atoms with Crippen molar-refractivity contribution in [3.63, 3.8) is 0 Å². The fourth-order valence-corrected chi connectivity index (χ4v) is 3.07. The largest absolute Gasteiger partial charge is 0.378 e. The highest BCUT2D eigenvalue weighted by Gasteiger charge is 2.39. The number of ether oxygens (including phenoxy) is 1. The highest BCUT2D eigenvalue weighted by Crippen LogP contribution is 2.34. The van der Waals surface area contributed by atoms with Crippen molar-refractivity contribution in [1.82, 2.24) is 0 Å². The van der Waals surface area contributed by atoms with Crippen LogP contribution in [0.1, 0.15) is 32.6 Å². The average Bonchev–Trinajstić information content (AvgIpc) is 2.48. The van der Waals surface area contributed by atoms with Crippen LogP contribution in [-0.4, -0.2) is 31.8 Å². The van der Waals surface area contributed by atoms with Gasteiger partial charge >= 0.3 is 0 Å². The Bertz CT molecular complexity index is 421. The molecular formula is C16H25FN2O. The average molecular weight is 280 g/mol. The SMILES string of the molecule is CCCC1CC(CN)(N(C)c2ccc(F)cc2)CCO1. The zero-order valence-electron chi connectivity index (χ0n) is 12.4. The lowest BCUT2D eigenvalue weighted by molar-refractivity contribution is -0.0216. The summed E-state index contributed by atoms with van der Waals surface area (Å²) in [6, 6.07) is 6.63. The van der Waals surface area contributed by atoms with Gasteiger partial charge in [0.1, 0.15) is 5.82 Å². The third kappa shape index (κ3) is 3.13. The zero-order valence-corrected chi connectivity index (χ0v) is 12.4. The van der Waals surface area contributed by atoms with Crippen molar-refractivity contribution in [1.29, 1.82) is 0 Å². The van der Waals surface area contributed by atoms with Crippen molar-refractivity contribution in [3.8, 4) is 0 Å². The number of likely N-dealkylation sites (N-methyl/N-ethyl adjacent to an activating group) is 1. The van der Waals surface area contributed by atoms with Gasteiger partial charge in [0.2, 0.25) is 0 Å². The van der Waals surface area contributed by atoms with Crippen LogP contribution in [0.4, 0.5) is 10.1 Å². The maximum Gasteiger partial charge on any atom is 0.123 e. The minimum Gasteiger partial charge on any atom is -0.378 e. The van der Waals surface area contributed by atoms with Crippen molar-refractivity contribution in [2.75, 3.05) is 25.1 Å². The van der Waals surface area contributed by atoms with E-state index in [9.17, 15) is 4.39 Å². The van der Waals surface area contributed by atoms with E-state index in [1.807, 2.05) is 12.1 Å². The fraction of sp³-hybridized carbons (Fsp3) is 0.625. The number of benzene rings is 1. The van der Waals surface area contributed by atoms with E-state index in [-0.39, 0.29) is 17.5 Å². The number of hydrogen-bond donors (Lipinski definition) is 1. The van der Waals surface area contributed by atoms with Gasteiger partial charge in [-0.25, -0.2) is 4.39 Å². The van der Waals surface area contributed by atoms with Gasteiger partial charge in [-0.2, -0.15) is 0 Å². The van der Waals surface area contributed by atoms with Gasteiger partial charge in [-0.15, -0.1) is 0 Å². The van der Waals surface area contributed by atoms with Gasteiger partial charge in [0.15, 0.2) is 0 Å². The lowest BCUT2D eigenvalue weighted by atomic mass is 9.83. The molecule has 0 bridgehead atoms. The maximum absolute atomic E-state index is 13.1. The van der Waals surface area contributed by atoms with Gasteiger partial charge in [-0.3, -0.25) is 0 Å². The molecular weight excluding hydrogens is 255 g/mol. The molecule has 0 saturated carbocycles. The van der Waals surface area contributed by atoms with Crippen molar-refractivity contribution >= 4 is 5.69 Å². The van der Waals surface area contributed by atoms with Crippen LogP contribution in [0.2, 0.25) is 0 Å². The predicted octanol–water partition coefficient (Wildman–Crippen LogP) is 2.94. The Labute approximate surface area is 120 Å². The summed E-state index contributed by atoms with van der Waals surface area (Å²) in [4.78, 5) is 2.21. The standard InChI is InChI=1S/C16H25FN2O/c1-3-4-15-11-16(12-18,9-10-20-15)19(2)14-7-5-13(17)6-8-14/h5-8,15H,3-4,9-12,18H2,1-2H3. The molecule has 1 fully saturated rings. The number of hydrogen-bond acceptors (Lipinski definition) is 3. The van der Waals surface area contributed by atoms with Crippen LogP contribution >= 0.6 is 0 Å². The summed E-state index contributed by atoms with van der Waals surface area (Å²) in [7, 11) is 2.05. The molecule has 2 rings (SSSR count). The fourth-order valence-electron chi connectivity index (χ4n) is 3.07. The monoisotopic (exact) mass is 280 g/mol. The van der Waals surface area contributed by atoms with Gasteiger partial charge in [-0.1, -0.05) is 13.3 Å². The van der Waals surface area contributed by atoms with E-state index in [0.717, 1.165) is 38.0 Å². The van der Waals surface area contributed by atoms with Gasteiger partial charge in [0.25, 0.3) is 0 Å². The Morgan fingerprint density at radius 3 is 2.70 bits per heavy atom. The van der Waals surface area contributed by atoms with Crippen LogP contribution in [0.15, 0.2) is 24.3 Å². The number of rotatable bonds is 5.